The molecule has 0 bridgehead atoms. The van der Waals surface area contributed by atoms with Crippen LogP contribution in [0.4, 0.5) is 4.79 Å². The average Bonchev–Trinajstić information content (AvgIpc) is 2.82. The molecule has 0 spiro atoms. The fourth-order valence-corrected chi connectivity index (χ4v) is 3.11. The molecule has 0 aromatic heterocycles. The molecule has 4 atom stereocenters. The number of hydrogen-bond donors (Lipinski definition) is 2. The minimum atomic E-state index is -0.610. The molecule has 1 aromatic carbocycles. The third kappa shape index (κ3) is 5.19. The number of rotatable bonds is 4. The number of ether oxygens (including phenoxy) is 2. The Labute approximate surface area is 148 Å². The van der Waals surface area contributed by atoms with Crippen molar-refractivity contribution in [1.82, 2.24) is 5.32 Å². The molecule has 2 rings (SSSR count). The van der Waals surface area contributed by atoms with Crippen LogP contribution in [0.1, 0.15) is 44.5 Å². The topological polar surface area (TPSA) is 84.9 Å². The number of carbonyl (C=O) groups is 2. The molecule has 1 fully saturated rings. The van der Waals surface area contributed by atoms with Gasteiger partial charge in [0, 0.05) is 12.5 Å². The van der Waals surface area contributed by atoms with Crippen molar-refractivity contribution in [1.29, 1.82) is 0 Å². The Morgan fingerprint density at radius 3 is 2.44 bits per heavy atom. The second-order valence-corrected chi connectivity index (χ2v) is 7.53. The summed E-state index contributed by atoms with van der Waals surface area (Å²) >= 11 is 0. The summed E-state index contributed by atoms with van der Waals surface area (Å²) in [6, 6.07) is 8.32. The maximum atomic E-state index is 12.4. The SMILES string of the molecule is C[C@@H]1[C@@H](CO)C[C@@H](NC(=O)OC(C)(C)C)[C@@H]1OC(=O)c1ccccc1. The predicted octanol–water partition coefficient (Wildman–Crippen LogP) is 2.75. The van der Waals surface area contributed by atoms with Crippen molar-refractivity contribution in [3.8, 4) is 0 Å². The first-order valence-corrected chi connectivity index (χ1v) is 8.57. The zero-order valence-corrected chi connectivity index (χ0v) is 15.2. The largest absolute Gasteiger partial charge is 0.456 e. The summed E-state index contributed by atoms with van der Waals surface area (Å²) in [7, 11) is 0. The first-order chi connectivity index (χ1) is 11.7. The Bertz CT molecular complexity index is 596. The van der Waals surface area contributed by atoms with Crippen LogP contribution in [0.15, 0.2) is 30.3 Å². The van der Waals surface area contributed by atoms with Crippen molar-refractivity contribution in [3.05, 3.63) is 35.9 Å². The van der Waals surface area contributed by atoms with Gasteiger partial charge in [-0.1, -0.05) is 25.1 Å². The lowest BCUT2D eigenvalue weighted by Gasteiger charge is -2.26. The molecular weight excluding hydrogens is 322 g/mol. The van der Waals surface area contributed by atoms with Crippen LogP contribution >= 0.6 is 0 Å². The molecule has 0 radical (unpaired) electrons. The first kappa shape index (κ1) is 19.2. The third-order valence-electron chi connectivity index (χ3n) is 4.40. The van der Waals surface area contributed by atoms with Gasteiger partial charge in [0.25, 0.3) is 0 Å². The molecule has 0 aliphatic heterocycles. The second kappa shape index (κ2) is 7.87. The molecule has 6 nitrogen and oxygen atoms in total. The van der Waals surface area contributed by atoms with Crippen LogP contribution in [0.5, 0.6) is 0 Å². The van der Waals surface area contributed by atoms with E-state index in [4.69, 9.17) is 9.47 Å². The molecule has 6 heteroatoms. The van der Waals surface area contributed by atoms with E-state index in [1.807, 2.05) is 13.0 Å². The summed E-state index contributed by atoms with van der Waals surface area (Å²) in [5, 5.41) is 12.3. The summed E-state index contributed by atoms with van der Waals surface area (Å²) in [4.78, 5) is 24.5. The molecular formula is C19H27NO5. The van der Waals surface area contributed by atoms with E-state index >= 15 is 0 Å². The van der Waals surface area contributed by atoms with Gasteiger partial charge >= 0.3 is 12.1 Å². The highest BCUT2D eigenvalue weighted by Crippen LogP contribution is 2.34. The Kier molecular flexibility index (Phi) is 6.06. The number of carbonyl (C=O) groups excluding carboxylic acids is 2. The average molecular weight is 349 g/mol. The van der Waals surface area contributed by atoms with Crippen LogP contribution in [0.25, 0.3) is 0 Å². The van der Waals surface area contributed by atoms with E-state index in [1.54, 1.807) is 45.0 Å². The van der Waals surface area contributed by atoms with Crippen LogP contribution in [-0.2, 0) is 9.47 Å². The van der Waals surface area contributed by atoms with E-state index in [2.05, 4.69) is 5.32 Å². The summed E-state index contributed by atoms with van der Waals surface area (Å²) in [5.41, 5.74) is -0.154. The molecule has 1 saturated carbocycles. The predicted molar refractivity (Wildman–Crippen MR) is 93.2 cm³/mol. The maximum Gasteiger partial charge on any atom is 0.408 e. The highest BCUT2D eigenvalue weighted by Gasteiger charge is 2.44. The quantitative estimate of drug-likeness (QED) is 0.817. The van der Waals surface area contributed by atoms with E-state index in [1.165, 1.54) is 0 Å². The van der Waals surface area contributed by atoms with Crippen molar-refractivity contribution in [2.75, 3.05) is 6.61 Å². The molecule has 1 aliphatic rings. The van der Waals surface area contributed by atoms with Gasteiger partial charge in [-0.15, -0.1) is 0 Å². The summed E-state index contributed by atoms with van der Waals surface area (Å²) in [6.07, 6.45) is -0.537. The fraction of sp³-hybridized carbons (Fsp3) is 0.579. The number of aliphatic hydroxyl groups excluding tert-OH is 1. The summed E-state index contributed by atoms with van der Waals surface area (Å²) in [5.74, 6) is -0.557. The first-order valence-electron chi connectivity index (χ1n) is 8.57. The molecule has 0 saturated heterocycles. The minimum absolute atomic E-state index is 0.0208. The lowest BCUT2D eigenvalue weighted by molar-refractivity contribution is 0.00717. The Morgan fingerprint density at radius 2 is 1.88 bits per heavy atom. The van der Waals surface area contributed by atoms with Gasteiger partial charge in [-0.05, 0) is 45.2 Å². The number of aliphatic hydroxyl groups is 1. The van der Waals surface area contributed by atoms with Crippen molar-refractivity contribution in [2.45, 2.75) is 51.9 Å². The van der Waals surface area contributed by atoms with Crippen LogP contribution < -0.4 is 5.32 Å². The van der Waals surface area contributed by atoms with E-state index in [0.29, 0.717) is 12.0 Å². The highest BCUT2D eigenvalue weighted by molar-refractivity contribution is 5.89. The molecule has 0 heterocycles. The monoisotopic (exact) mass is 349 g/mol. The van der Waals surface area contributed by atoms with Gasteiger partial charge in [0.1, 0.15) is 11.7 Å². The standard InChI is InChI=1S/C19H27NO5/c1-12-14(11-21)10-15(20-18(23)25-19(2,3)4)16(12)24-17(22)13-8-6-5-7-9-13/h5-9,12,14-16,21H,10-11H2,1-4H3,(H,20,23)/t12-,14-,15-,16-/m1/s1. The van der Waals surface area contributed by atoms with Crippen molar-refractivity contribution in [2.24, 2.45) is 11.8 Å². The van der Waals surface area contributed by atoms with Gasteiger partial charge in [-0.2, -0.15) is 0 Å². The molecule has 1 amide bonds. The molecule has 25 heavy (non-hydrogen) atoms. The third-order valence-corrected chi connectivity index (χ3v) is 4.40. The fourth-order valence-electron chi connectivity index (χ4n) is 3.11. The maximum absolute atomic E-state index is 12.4. The van der Waals surface area contributed by atoms with Gasteiger partial charge in [-0.25, -0.2) is 9.59 Å². The molecule has 1 aliphatic carbocycles. The zero-order valence-electron chi connectivity index (χ0n) is 15.2. The van der Waals surface area contributed by atoms with Gasteiger partial charge in [0.15, 0.2) is 0 Å². The minimum Gasteiger partial charge on any atom is -0.456 e. The Hall–Kier alpha value is -2.08. The summed E-state index contributed by atoms with van der Waals surface area (Å²) < 4.78 is 11.0. The number of esters is 1. The van der Waals surface area contributed by atoms with E-state index < -0.39 is 29.8 Å². The Morgan fingerprint density at radius 1 is 1.24 bits per heavy atom. The smallest absolute Gasteiger partial charge is 0.408 e. The van der Waals surface area contributed by atoms with Crippen LogP contribution in [-0.4, -0.2) is 41.5 Å². The van der Waals surface area contributed by atoms with Crippen molar-refractivity contribution < 1.29 is 24.2 Å². The van der Waals surface area contributed by atoms with Gasteiger partial charge in [-0.3, -0.25) is 0 Å². The lowest BCUT2D eigenvalue weighted by atomic mass is 9.98. The molecule has 2 N–H and O–H groups in total. The van der Waals surface area contributed by atoms with E-state index in [-0.39, 0.29) is 18.4 Å². The second-order valence-electron chi connectivity index (χ2n) is 7.53. The number of hydrogen-bond acceptors (Lipinski definition) is 5. The summed E-state index contributed by atoms with van der Waals surface area (Å²) in [6.45, 7) is 7.25. The van der Waals surface area contributed by atoms with Gasteiger partial charge < -0.3 is 19.9 Å². The molecule has 1 aromatic rings. The molecule has 138 valence electrons. The van der Waals surface area contributed by atoms with Crippen LogP contribution in [0, 0.1) is 11.8 Å². The van der Waals surface area contributed by atoms with Gasteiger partial charge in [0.2, 0.25) is 0 Å². The van der Waals surface area contributed by atoms with Crippen molar-refractivity contribution >= 4 is 12.1 Å². The number of nitrogens with one attached hydrogen (secondary N) is 1. The number of amides is 1. The number of alkyl carbamates (subject to hydrolysis) is 1. The lowest BCUT2D eigenvalue weighted by Crippen LogP contribution is -2.45. The van der Waals surface area contributed by atoms with Crippen LogP contribution in [0.3, 0.4) is 0 Å². The molecule has 0 unspecified atom stereocenters. The normalized spacial score (nSPS) is 26.1. The van der Waals surface area contributed by atoms with E-state index in [0.717, 1.165) is 0 Å². The number of benzene rings is 1. The van der Waals surface area contributed by atoms with Gasteiger partial charge in [0.05, 0.1) is 11.6 Å². The zero-order chi connectivity index (χ0) is 18.6. The van der Waals surface area contributed by atoms with Crippen molar-refractivity contribution in [3.63, 3.8) is 0 Å². The highest BCUT2D eigenvalue weighted by atomic mass is 16.6. The van der Waals surface area contributed by atoms with Crippen LogP contribution in [0.2, 0.25) is 0 Å². The Balaban J connectivity index is 2.08. The van der Waals surface area contributed by atoms with E-state index in [9.17, 15) is 14.7 Å².